The Bertz CT molecular complexity index is 501. The second-order valence-electron chi connectivity index (χ2n) is 4.48. The molecule has 2 rings (SSSR count). The van der Waals surface area contributed by atoms with Crippen molar-refractivity contribution in [2.75, 3.05) is 0 Å². The third-order valence-corrected chi connectivity index (χ3v) is 2.95. The van der Waals surface area contributed by atoms with Crippen molar-refractivity contribution in [1.29, 1.82) is 0 Å². The van der Waals surface area contributed by atoms with E-state index in [1.807, 2.05) is 44.4 Å². The highest BCUT2D eigenvalue weighted by Gasteiger charge is 2.23. The predicted octanol–water partition coefficient (Wildman–Crippen LogP) is 1.89. The highest BCUT2D eigenvalue weighted by atomic mass is 35.5. The molecule has 1 atom stereocenters. The first kappa shape index (κ1) is 12.1. The van der Waals surface area contributed by atoms with Gasteiger partial charge in [-0.05, 0) is 24.6 Å². The summed E-state index contributed by atoms with van der Waals surface area (Å²) in [4.78, 5) is 0. The van der Waals surface area contributed by atoms with Crippen LogP contribution in [0.4, 0.5) is 0 Å². The van der Waals surface area contributed by atoms with Crippen molar-refractivity contribution in [3.8, 4) is 0 Å². The monoisotopic (exact) mass is 250 g/mol. The molecule has 5 heteroatoms. The van der Waals surface area contributed by atoms with Crippen molar-refractivity contribution in [3.05, 3.63) is 46.7 Å². The number of hydrogen-bond acceptors (Lipinski definition) is 3. The van der Waals surface area contributed by atoms with E-state index in [1.165, 1.54) is 0 Å². The zero-order valence-electron chi connectivity index (χ0n) is 9.89. The SMILES string of the molecule is Cn1cc(CC(C)(N)c2ccc(Cl)cc2)nn1. The second kappa shape index (κ2) is 4.47. The number of nitrogens with zero attached hydrogens (tertiary/aromatic N) is 3. The van der Waals surface area contributed by atoms with Crippen molar-refractivity contribution in [2.24, 2.45) is 12.8 Å². The molecule has 1 aromatic heterocycles. The van der Waals surface area contributed by atoms with E-state index < -0.39 is 5.54 Å². The van der Waals surface area contributed by atoms with Crippen LogP contribution in [0.2, 0.25) is 5.02 Å². The fraction of sp³-hybridized carbons (Fsp3) is 0.333. The van der Waals surface area contributed by atoms with Gasteiger partial charge in [-0.15, -0.1) is 5.10 Å². The van der Waals surface area contributed by atoms with Crippen LogP contribution in [-0.4, -0.2) is 15.0 Å². The Kier molecular flexibility index (Phi) is 3.17. The third-order valence-electron chi connectivity index (χ3n) is 2.70. The van der Waals surface area contributed by atoms with Gasteiger partial charge in [-0.1, -0.05) is 28.9 Å². The molecule has 0 aliphatic rings. The van der Waals surface area contributed by atoms with E-state index in [9.17, 15) is 0 Å². The van der Waals surface area contributed by atoms with Crippen molar-refractivity contribution in [2.45, 2.75) is 18.9 Å². The molecule has 1 aromatic carbocycles. The quantitative estimate of drug-likeness (QED) is 0.905. The Morgan fingerprint density at radius 3 is 2.53 bits per heavy atom. The summed E-state index contributed by atoms with van der Waals surface area (Å²) in [6.07, 6.45) is 2.52. The Hall–Kier alpha value is -1.39. The Labute approximate surface area is 105 Å². The zero-order valence-corrected chi connectivity index (χ0v) is 10.6. The summed E-state index contributed by atoms with van der Waals surface area (Å²) in [6.45, 7) is 1.98. The first-order chi connectivity index (χ1) is 7.97. The van der Waals surface area contributed by atoms with Crippen molar-refractivity contribution >= 4 is 11.6 Å². The molecule has 1 heterocycles. The first-order valence-corrected chi connectivity index (χ1v) is 5.75. The molecule has 0 bridgehead atoms. The van der Waals surface area contributed by atoms with E-state index in [-0.39, 0.29) is 0 Å². The van der Waals surface area contributed by atoms with Gasteiger partial charge in [0.25, 0.3) is 0 Å². The number of rotatable bonds is 3. The molecule has 0 saturated heterocycles. The van der Waals surface area contributed by atoms with Crippen molar-refractivity contribution in [3.63, 3.8) is 0 Å². The topological polar surface area (TPSA) is 56.7 Å². The fourth-order valence-electron chi connectivity index (χ4n) is 1.79. The molecule has 0 aliphatic carbocycles. The van der Waals surface area contributed by atoms with Crippen LogP contribution in [0.5, 0.6) is 0 Å². The van der Waals surface area contributed by atoms with Crippen LogP contribution >= 0.6 is 11.6 Å². The zero-order chi connectivity index (χ0) is 12.5. The van der Waals surface area contributed by atoms with Crippen LogP contribution in [-0.2, 0) is 19.0 Å². The molecule has 4 nitrogen and oxygen atoms in total. The number of nitrogens with two attached hydrogens (primary N) is 1. The van der Waals surface area contributed by atoms with Crippen LogP contribution in [0.1, 0.15) is 18.2 Å². The second-order valence-corrected chi connectivity index (χ2v) is 4.92. The van der Waals surface area contributed by atoms with Gasteiger partial charge < -0.3 is 5.73 Å². The Morgan fingerprint density at radius 2 is 2.00 bits per heavy atom. The molecule has 90 valence electrons. The minimum atomic E-state index is -0.472. The molecular weight excluding hydrogens is 236 g/mol. The third kappa shape index (κ3) is 2.84. The van der Waals surface area contributed by atoms with Crippen LogP contribution < -0.4 is 5.73 Å². The maximum Gasteiger partial charge on any atom is 0.0848 e. The average molecular weight is 251 g/mol. The standard InChI is InChI=1S/C12H15ClN4/c1-12(14,7-11-8-17(2)16-15-11)9-3-5-10(13)6-4-9/h3-6,8H,7,14H2,1-2H3. The number of aromatic nitrogens is 3. The van der Waals surface area contributed by atoms with E-state index in [0.717, 1.165) is 11.3 Å². The summed E-state index contributed by atoms with van der Waals surface area (Å²) >= 11 is 5.86. The average Bonchev–Trinajstić information content (AvgIpc) is 2.63. The lowest BCUT2D eigenvalue weighted by Gasteiger charge is -2.24. The van der Waals surface area contributed by atoms with Crippen LogP contribution in [0.25, 0.3) is 0 Å². The number of benzene rings is 1. The molecule has 2 N–H and O–H groups in total. The maximum atomic E-state index is 6.31. The molecule has 17 heavy (non-hydrogen) atoms. The maximum absolute atomic E-state index is 6.31. The van der Waals surface area contributed by atoms with Crippen molar-refractivity contribution < 1.29 is 0 Å². The lowest BCUT2D eigenvalue weighted by atomic mass is 9.89. The van der Waals surface area contributed by atoms with Gasteiger partial charge >= 0.3 is 0 Å². The van der Waals surface area contributed by atoms with Gasteiger partial charge in [0.1, 0.15) is 0 Å². The van der Waals surface area contributed by atoms with Gasteiger partial charge in [0.05, 0.1) is 5.69 Å². The van der Waals surface area contributed by atoms with Gasteiger partial charge in [0.15, 0.2) is 0 Å². The van der Waals surface area contributed by atoms with Crippen LogP contribution in [0, 0.1) is 0 Å². The van der Waals surface area contributed by atoms with E-state index in [4.69, 9.17) is 17.3 Å². The van der Waals surface area contributed by atoms with Crippen LogP contribution in [0.15, 0.2) is 30.5 Å². The highest BCUT2D eigenvalue weighted by Crippen LogP contribution is 2.23. The highest BCUT2D eigenvalue weighted by molar-refractivity contribution is 6.30. The molecule has 1 unspecified atom stereocenters. The molecule has 0 spiro atoms. The number of halogens is 1. The van der Waals surface area contributed by atoms with Gasteiger partial charge in [0, 0.05) is 30.2 Å². The van der Waals surface area contributed by atoms with Crippen LogP contribution in [0.3, 0.4) is 0 Å². The molecule has 0 aliphatic heterocycles. The largest absolute Gasteiger partial charge is 0.321 e. The van der Waals surface area contributed by atoms with E-state index in [0.29, 0.717) is 11.4 Å². The number of hydrogen-bond donors (Lipinski definition) is 1. The predicted molar refractivity (Wildman–Crippen MR) is 67.7 cm³/mol. The van der Waals surface area contributed by atoms with Crippen molar-refractivity contribution in [1.82, 2.24) is 15.0 Å². The molecule has 0 radical (unpaired) electrons. The lowest BCUT2D eigenvalue weighted by molar-refractivity contribution is 0.485. The lowest BCUT2D eigenvalue weighted by Crippen LogP contribution is -2.35. The van der Waals surface area contributed by atoms with Gasteiger partial charge in [0.2, 0.25) is 0 Å². The van der Waals surface area contributed by atoms with E-state index in [2.05, 4.69) is 10.3 Å². The van der Waals surface area contributed by atoms with Gasteiger partial charge in [-0.2, -0.15) is 0 Å². The Morgan fingerprint density at radius 1 is 1.35 bits per heavy atom. The van der Waals surface area contributed by atoms with E-state index in [1.54, 1.807) is 4.68 Å². The summed E-state index contributed by atoms with van der Waals surface area (Å²) in [6, 6.07) is 7.58. The summed E-state index contributed by atoms with van der Waals surface area (Å²) in [5.41, 5.74) is 7.75. The minimum absolute atomic E-state index is 0.472. The normalized spacial score (nSPS) is 14.6. The fourth-order valence-corrected chi connectivity index (χ4v) is 1.91. The summed E-state index contributed by atoms with van der Waals surface area (Å²) < 4.78 is 1.67. The first-order valence-electron chi connectivity index (χ1n) is 5.37. The molecule has 0 saturated carbocycles. The smallest absolute Gasteiger partial charge is 0.0848 e. The molecule has 0 fully saturated rings. The molecule has 2 aromatic rings. The van der Waals surface area contributed by atoms with Gasteiger partial charge in [-0.3, -0.25) is 4.68 Å². The molecule has 0 amide bonds. The number of aryl methyl sites for hydroxylation is 1. The summed E-state index contributed by atoms with van der Waals surface area (Å²) in [5, 5.41) is 8.66. The summed E-state index contributed by atoms with van der Waals surface area (Å²) in [7, 11) is 1.84. The molecular formula is C12H15ClN4. The minimum Gasteiger partial charge on any atom is -0.321 e. The van der Waals surface area contributed by atoms with E-state index >= 15 is 0 Å². The Balaban J connectivity index is 2.21. The summed E-state index contributed by atoms with van der Waals surface area (Å²) in [5.74, 6) is 0. The van der Waals surface area contributed by atoms with Gasteiger partial charge in [-0.25, -0.2) is 0 Å².